The highest BCUT2D eigenvalue weighted by Gasteiger charge is 2.28. The first-order chi connectivity index (χ1) is 15.6. The van der Waals surface area contributed by atoms with Gasteiger partial charge >= 0.3 is 0 Å². The van der Waals surface area contributed by atoms with Crippen molar-refractivity contribution in [3.63, 3.8) is 0 Å². The lowest BCUT2D eigenvalue weighted by molar-refractivity contribution is -0.131. The van der Waals surface area contributed by atoms with Gasteiger partial charge < -0.3 is 14.8 Å². The van der Waals surface area contributed by atoms with Gasteiger partial charge in [-0.1, -0.05) is 24.3 Å². The summed E-state index contributed by atoms with van der Waals surface area (Å²) in [7, 11) is 0. The molecular formula is C24H27N3O5. The highest BCUT2D eigenvalue weighted by molar-refractivity contribution is 6.06. The van der Waals surface area contributed by atoms with Crippen LogP contribution in [0, 0.1) is 0 Å². The standard InChI is InChI=1S/C24H27N3O5/c28-19-5-7-21(23(29)13-19)26-24(30)22-8-6-20(14-25-22)32-16-18-3-1-17(2-4-18)15-27-9-11-31-12-10-27/h1-4,6,8,14,21H,5,7,9-13,15-16H2,(H,26,30). The van der Waals surface area contributed by atoms with Crippen molar-refractivity contribution in [1.29, 1.82) is 0 Å². The van der Waals surface area contributed by atoms with E-state index in [0.29, 0.717) is 25.2 Å². The predicted molar refractivity (Wildman–Crippen MR) is 116 cm³/mol. The fourth-order valence-electron chi connectivity index (χ4n) is 3.78. The van der Waals surface area contributed by atoms with Gasteiger partial charge in [0.1, 0.15) is 23.8 Å². The average Bonchev–Trinajstić information content (AvgIpc) is 2.81. The van der Waals surface area contributed by atoms with Crippen LogP contribution in [0.1, 0.15) is 40.9 Å². The van der Waals surface area contributed by atoms with Crippen molar-refractivity contribution >= 4 is 17.5 Å². The highest BCUT2D eigenvalue weighted by Crippen LogP contribution is 2.15. The molecule has 1 aromatic carbocycles. The van der Waals surface area contributed by atoms with Gasteiger partial charge in [-0.15, -0.1) is 0 Å². The number of carbonyl (C=O) groups excluding carboxylic acids is 3. The summed E-state index contributed by atoms with van der Waals surface area (Å²) in [5.74, 6) is -0.198. The monoisotopic (exact) mass is 437 g/mol. The Morgan fingerprint density at radius 2 is 1.84 bits per heavy atom. The number of ether oxygens (including phenoxy) is 2. The second kappa shape index (κ2) is 10.5. The number of ketones is 2. The van der Waals surface area contributed by atoms with Gasteiger partial charge in [0.15, 0.2) is 5.78 Å². The first-order valence-corrected chi connectivity index (χ1v) is 10.9. The SMILES string of the molecule is O=C1CCC(NC(=O)c2ccc(OCc3ccc(CN4CCOCC4)cc3)cn2)C(=O)C1. The summed E-state index contributed by atoms with van der Waals surface area (Å²) in [5.41, 5.74) is 2.51. The molecule has 32 heavy (non-hydrogen) atoms. The maximum Gasteiger partial charge on any atom is 0.270 e. The van der Waals surface area contributed by atoms with Crippen LogP contribution in [-0.2, 0) is 27.5 Å². The molecule has 168 valence electrons. The van der Waals surface area contributed by atoms with Crippen molar-refractivity contribution in [1.82, 2.24) is 15.2 Å². The molecule has 1 saturated carbocycles. The molecule has 4 rings (SSSR count). The van der Waals surface area contributed by atoms with Crippen molar-refractivity contribution in [2.24, 2.45) is 0 Å². The molecule has 8 heteroatoms. The van der Waals surface area contributed by atoms with Crippen LogP contribution >= 0.6 is 0 Å². The summed E-state index contributed by atoms with van der Waals surface area (Å²) in [6.07, 6.45) is 2.04. The van der Waals surface area contributed by atoms with Crippen LogP contribution in [0.25, 0.3) is 0 Å². The zero-order valence-electron chi connectivity index (χ0n) is 17.9. The number of morpholine rings is 1. The molecule has 1 atom stereocenters. The largest absolute Gasteiger partial charge is 0.487 e. The number of pyridine rings is 1. The first kappa shape index (κ1) is 22.1. The molecule has 1 amide bonds. The molecule has 1 aromatic heterocycles. The average molecular weight is 437 g/mol. The molecule has 1 N–H and O–H groups in total. The lowest BCUT2D eigenvalue weighted by atomic mass is 9.93. The summed E-state index contributed by atoms with van der Waals surface area (Å²) in [4.78, 5) is 42.1. The Morgan fingerprint density at radius 1 is 1.09 bits per heavy atom. The number of hydrogen-bond donors (Lipinski definition) is 1. The normalized spacial score (nSPS) is 19.6. The van der Waals surface area contributed by atoms with E-state index < -0.39 is 11.9 Å². The van der Waals surface area contributed by atoms with Gasteiger partial charge in [-0.05, 0) is 29.7 Å². The van der Waals surface area contributed by atoms with Crippen LogP contribution in [0.15, 0.2) is 42.6 Å². The number of hydrogen-bond acceptors (Lipinski definition) is 7. The van der Waals surface area contributed by atoms with E-state index in [1.807, 2.05) is 0 Å². The second-order valence-corrected chi connectivity index (χ2v) is 8.12. The molecule has 0 bridgehead atoms. The van der Waals surface area contributed by atoms with Crippen LogP contribution in [0.5, 0.6) is 5.75 Å². The van der Waals surface area contributed by atoms with E-state index in [9.17, 15) is 14.4 Å². The fraction of sp³-hybridized carbons (Fsp3) is 0.417. The Hall–Kier alpha value is -3.10. The number of amides is 1. The number of nitrogens with zero attached hydrogens (tertiary/aromatic N) is 2. The van der Waals surface area contributed by atoms with Crippen LogP contribution in [0.2, 0.25) is 0 Å². The van der Waals surface area contributed by atoms with Crippen molar-refractivity contribution in [2.75, 3.05) is 26.3 Å². The van der Waals surface area contributed by atoms with Gasteiger partial charge in [0.2, 0.25) is 0 Å². The number of rotatable bonds is 7. The van der Waals surface area contributed by atoms with Crippen LogP contribution in [-0.4, -0.2) is 59.7 Å². The number of Topliss-reactive ketones (excluding diaryl/α,β-unsaturated/α-hetero) is 2. The Kier molecular flexibility index (Phi) is 7.24. The molecule has 2 aliphatic rings. The zero-order chi connectivity index (χ0) is 22.3. The third-order valence-corrected chi connectivity index (χ3v) is 5.68. The minimum Gasteiger partial charge on any atom is -0.487 e. The molecule has 2 aromatic rings. The van der Waals surface area contributed by atoms with E-state index in [1.54, 1.807) is 12.1 Å². The summed E-state index contributed by atoms with van der Waals surface area (Å²) >= 11 is 0. The number of carbonyl (C=O) groups is 3. The summed E-state index contributed by atoms with van der Waals surface area (Å²) in [6.45, 7) is 4.82. The topological polar surface area (TPSA) is 97.8 Å². The molecule has 2 fully saturated rings. The van der Waals surface area contributed by atoms with E-state index >= 15 is 0 Å². The van der Waals surface area contributed by atoms with Crippen molar-refractivity contribution < 1.29 is 23.9 Å². The van der Waals surface area contributed by atoms with E-state index in [-0.39, 0.29) is 23.7 Å². The van der Waals surface area contributed by atoms with Gasteiger partial charge in [-0.25, -0.2) is 4.98 Å². The zero-order valence-corrected chi connectivity index (χ0v) is 17.9. The van der Waals surface area contributed by atoms with E-state index in [4.69, 9.17) is 9.47 Å². The summed E-state index contributed by atoms with van der Waals surface area (Å²) < 4.78 is 11.2. The van der Waals surface area contributed by atoms with Crippen molar-refractivity contribution in [2.45, 2.75) is 38.5 Å². The minimum absolute atomic E-state index is 0.0770. The molecule has 0 spiro atoms. The number of aromatic nitrogens is 1. The molecule has 1 aliphatic heterocycles. The number of benzene rings is 1. The van der Waals surface area contributed by atoms with Crippen LogP contribution < -0.4 is 10.1 Å². The highest BCUT2D eigenvalue weighted by atomic mass is 16.5. The van der Waals surface area contributed by atoms with Gasteiger partial charge in [0, 0.05) is 26.1 Å². The lowest BCUT2D eigenvalue weighted by Crippen LogP contribution is -2.44. The Morgan fingerprint density at radius 3 is 2.53 bits per heavy atom. The fourth-order valence-corrected chi connectivity index (χ4v) is 3.78. The Labute approximate surface area is 186 Å². The smallest absolute Gasteiger partial charge is 0.270 e. The van der Waals surface area contributed by atoms with Crippen LogP contribution in [0.4, 0.5) is 0 Å². The summed E-state index contributed by atoms with van der Waals surface area (Å²) in [6, 6.07) is 11.0. The van der Waals surface area contributed by atoms with E-state index in [1.165, 1.54) is 11.8 Å². The van der Waals surface area contributed by atoms with Gasteiger partial charge in [0.05, 0.1) is 31.9 Å². The third kappa shape index (κ3) is 5.99. The Balaban J connectivity index is 1.25. The van der Waals surface area contributed by atoms with E-state index in [0.717, 1.165) is 38.4 Å². The molecule has 1 unspecified atom stereocenters. The summed E-state index contributed by atoms with van der Waals surface area (Å²) in [5, 5.41) is 2.66. The quantitative estimate of drug-likeness (QED) is 0.661. The molecule has 1 saturated heterocycles. The third-order valence-electron chi connectivity index (χ3n) is 5.68. The molecule has 2 heterocycles. The lowest BCUT2D eigenvalue weighted by Gasteiger charge is -2.26. The number of nitrogens with one attached hydrogen (secondary N) is 1. The molecule has 8 nitrogen and oxygen atoms in total. The minimum atomic E-state index is -0.621. The van der Waals surface area contributed by atoms with Crippen molar-refractivity contribution in [3.05, 3.63) is 59.4 Å². The van der Waals surface area contributed by atoms with Crippen LogP contribution in [0.3, 0.4) is 0 Å². The van der Waals surface area contributed by atoms with E-state index in [2.05, 4.69) is 39.5 Å². The molecular weight excluding hydrogens is 410 g/mol. The van der Waals surface area contributed by atoms with Gasteiger partial charge in [-0.2, -0.15) is 0 Å². The first-order valence-electron chi connectivity index (χ1n) is 10.9. The van der Waals surface area contributed by atoms with Crippen molar-refractivity contribution in [3.8, 4) is 5.75 Å². The maximum atomic E-state index is 12.3. The molecule has 1 aliphatic carbocycles. The Bertz CT molecular complexity index is 953. The maximum absolute atomic E-state index is 12.3. The second-order valence-electron chi connectivity index (χ2n) is 8.12. The van der Waals surface area contributed by atoms with Gasteiger partial charge in [0.25, 0.3) is 5.91 Å². The predicted octanol–water partition coefficient (Wildman–Crippen LogP) is 1.91. The van der Waals surface area contributed by atoms with Gasteiger partial charge in [-0.3, -0.25) is 19.3 Å². The molecule has 0 radical (unpaired) electrons.